The van der Waals surface area contributed by atoms with E-state index in [0.717, 1.165) is 0 Å². The molecular formula is C10H6F14. The standard InChI is InChI=1S/C10H6F14/c11-2-1-4(5(7(13,14)15)8(16,17)18)3-6(12,9(19,20)21)10(22,23)24/h1-2,4-5H,3H2/b2-1+. The Morgan fingerprint density at radius 2 is 0.958 bits per heavy atom. The van der Waals surface area contributed by atoms with Gasteiger partial charge in [0.2, 0.25) is 0 Å². The van der Waals surface area contributed by atoms with E-state index < -0.39 is 61.0 Å². The molecular weight excluding hydrogens is 386 g/mol. The summed E-state index contributed by atoms with van der Waals surface area (Å²) in [6.45, 7) is 0. The fraction of sp³-hybridized carbons (Fsp3) is 0.800. The first kappa shape index (κ1) is 22.8. The van der Waals surface area contributed by atoms with E-state index in [1.165, 1.54) is 0 Å². The molecule has 0 aromatic carbocycles. The summed E-state index contributed by atoms with van der Waals surface area (Å²) < 4.78 is 173. The quantitative estimate of drug-likeness (QED) is 0.511. The Bertz CT molecular complexity index is 404. The normalized spacial score (nSPS) is 17.0. The maximum Gasteiger partial charge on any atom is 0.431 e. The molecule has 0 aliphatic heterocycles. The molecule has 14 heteroatoms. The molecule has 0 amide bonds. The van der Waals surface area contributed by atoms with Crippen molar-refractivity contribution in [2.24, 2.45) is 11.8 Å². The summed E-state index contributed by atoms with van der Waals surface area (Å²) in [6.07, 6.45) is -31.9. The number of hydrogen-bond donors (Lipinski definition) is 0. The van der Waals surface area contributed by atoms with Crippen molar-refractivity contribution in [2.45, 2.75) is 36.8 Å². The molecule has 0 spiro atoms. The molecule has 1 atom stereocenters. The van der Waals surface area contributed by atoms with Crippen molar-refractivity contribution >= 4 is 0 Å². The van der Waals surface area contributed by atoms with Crippen LogP contribution in [0.1, 0.15) is 6.42 Å². The third-order valence-electron chi connectivity index (χ3n) is 2.87. The molecule has 0 saturated heterocycles. The van der Waals surface area contributed by atoms with E-state index >= 15 is 0 Å². The van der Waals surface area contributed by atoms with Gasteiger partial charge in [-0.05, 0) is 0 Å². The molecule has 0 radical (unpaired) electrons. The number of halogens is 14. The van der Waals surface area contributed by atoms with Crippen LogP contribution in [0.2, 0.25) is 0 Å². The van der Waals surface area contributed by atoms with Crippen molar-refractivity contribution in [3.8, 4) is 0 Å². The summed E-state index contributed by atoms with van der Waals surface area (Å²) >= 11 is 0. The lowest BCUT2D eigenvalue weighted by atomic mass is 9.81. The molecule has 0 saturated carbocycles. The summed E-state index contributed by atoms with van der Waals surface area (Å²) in [5.41, 5.74) is -6.40. The Morgan fingerprint density at radius 3 is 1.17 bits per heavy atom. The zero-order chi connectivity index (χ0) is 19.8. The minimum atomic E-state index is -6.88. The van der Waals surface area contributed by atoms with Gasteiger partial charge in [-0.2, -0.15) is 52.7 Å². The van der Waals surface area contributed by atoms with E-state index in [2.05, 4.69) is 0 Å². The average Bonchev–Trinajstić information content (AvgIpc) is 2.21. The van der Waals surface area contributed by atoms with E-state index in [1.807, 2.05) is 0 Å². The minimum Gasteiger partial charge on any atom is -0.224 e. The largest absolute Gasteiger partial charge is 0.431 e. The van der Waals surface area contributed by atoms with Gasteiger partial charge in [-0.15, -0.1) is 0 Å². The fourth-order valence-corrected chi connectivity index (χ4v) is 1.78. The minimum absolute atomic E-state index is 0.850. The predicted octanol–water partition coefficient (Wildman–Crippen LogP) is 6.05. The van der Waals surface area contributed by atoms with E-state index in [4.69, 9.17) is 0 Å². The first-order valence-electron chi connectivity index (χ1n) is 5.51. The van der Waals surface area contributed by atoms with Crippen molar-refractivity contribution in [3.05, 3.63) is 12.4 Å². The summed E-state index contributed by atoms with van der Waals surface area (Å²) in [4.78, 5) is 0. The third-order valence-corrected chi connectivity index (χ3v) is 2.87. The number of hydrogen-bond acceptors (Lipinski definition) is 0. The Labute approximate surface area is 124 Å². The molecule has 24 heavy (non-hydrogen) atoms. The summed E-state index contributed by atoms with van der Waals surface area (Å²) in [5, 5.41) is 0. The van der Waals surface area contributed by atoms with Gasteiger partial charge >= 0.3 is 24.7 Å². The monoisotopic (exact) mass is 392 g/mol. The molecule has 144 valence electrons. The lowest BCUT2D eigenvalue weighted by molar-refractivity contribution is -0.354. The van der Waals surface area contributed by atoms with Gasteiger partial charge in [0.15, 0.2) is 5.92 Å². The number of rotatable bonds is 4. The van der Waals surface area contributed by atoms with Gasteiger partial charge in [0.05, 0.1) is 6.33 Å². The topological polar surface area (TPSA) is 0 Å². The Kier molecular flexibility index (Phi) is 6.24. The fourth-order valence-electron chi connectivity index (χ4n) is 1.78. The van der Waals surface area contributed by atoms with Crippen molar-refractivity contribution < 1.29 is 61.5 Å². The highest BCUT2D eigenvalue weighted by Gasteiger charge is 2.74. The van der Waals surface area contributed by atoms with Crippen molar-refractivity contribution in [1.82, 2.24) is 0 Å². The van der Waals surface area contributed by atoms with Crippen molar-refractivity contribution in [1.29, 1.82) is 0 Å². The molecule has 0 rings (SSSR count). The summed E-state index contributed by atoms with van der Waals surface area (Å²) in [5.74, 6) is -8.68. The molecule has 0 aromatic heterocycles. The van der Waals surface area contributed by atoms with Crippen molar-refractivity contribution in [2.75, 3.05) is 0 Å². The zero-order valence-electron chi connectivity index (χ0n) is 10.8. The third kappa shape index (κ3) is 4.88. The second-order valence-corrected chi connectivity index (χ2v) is 4.54. The van der Waals surface area contributed by atoms with Gasteiger partial charge < -0.3 is 0 Å². The second kappa shape index (κ2) is 6.58. The van der Waals surface area contributed by atoms with Crippen LogP contribution in [0.15, 0.2) is 12.4 Å². The maximum atomic E-state index is 13.4. The van der Waals surface area contributed by atoms with Crippen LogP contribution in [-0.4, -0.2) is 30.4 Å². The summed E-state index contributed by atoms with van der Waals surface area (Å²) in [7, 11) is 0. The lowest BCUT2D eigenvalue weighted by Gasteiger charge is -2.35. The molecule has 0 heterocycles. The molecule has 1 unspecified atom stereocenters. The smallest absolute Gasteiger partial charge is 0.224 e. The Morgan fingerprint density at radius 1 is 0.625 bits per heavy atom. The maximum absolute atomic E-state index is 13.4. The van der Waals surface area contributed by atoms with Gasteiger partial charge in [-0.25, -0.2) is 8.78 Å². The molecule has 0 N–H and O–H groups in total. The van der Waals surface area contributed by atoms with Crippen LogP contribution in [0.4, 0.5) is 61.5 Å². The molecule has 0 fully saturated rings. The Hall–Kier alpha value is -1.24. The number of alkyl halides is 13. The Balaban J connectivity index is 6.18. The highest BCUT2D eigenvalue weighted by atomic mass is 19.4. The number of allylic oxidation sites excluding steroid dienone is 1. The van der Waals surface area contributed by atoms with Crippen LogP contribution >= 0.6 is 0 Å². The second-order valence-electron chi connectivity index (χ2n) is 4.54. The SMILES string of the molecule is F/C=C/C(CC(F)(C(F)(F)F)C(F)(F)F)C(C(F)(F)F)C(F)(F)F. The van der Waals surface area contributed by atoms with Crippen LogP contribution in [0, 0.1) is 11.8 Å². The average molecular weight is 392 g/mol. The molecule has 0 aliphatic carbocycles. The first-order chi connectivity index (χ1) is 10.3. The van der Waals surface area contributed by atoms with Crippen LogP contribution in [0.5, 0.6) is 0 Å². The van der Waals surface area contributed by atoms with Crippen LogP contribution in [0.3, 0.4) is 0 Å². The van der Waals surface area contributed by atoms with Gasteiger partial charge in [0.25, 0.3) is 5.67 Å². The highest BCUT2D eigenvalue weighted by molar-refractivity contribution is 5.03. The van der Waals surface area contributed by atoms with E-state index in [-0.39, 0.29) is 0 Å². The van der Waals surface area contributed by atoms with Gasteiger partial charge in [0, 0.05) is 12.3 Å². The molecule has 0 aromatic rings. The zero-order valence-corrected chi connectivity index (χ0v) is 10.8. The first-order valence-corrected chi connectivity index (χ1v) is 5.51. The molecule has 0 aliphatic rings. The van der Waals surface area contributed by atoms with E-state index in [0.29, 0.717) is 0 Å². The van der Waals surface area contributed by atoms with E-state index in [1.54, 1.807) is 0 Å². The van der Waals surface area contributed by atoms with Crippen LogP contribution in [-0.2, 0) is 0 Å². The highest BCUT2D eigenvalue weighted by Crippen LogP contribution is 2.54. The summed E-state index contributed by atoms with van der Waals surface area (Å²) in [6, 6.07) is 0. The molecule has 0 nitrogen and oxygen atoms in total. The molecule has 0 bridgehead atoms. The van der Waals surface area contributed by atoms with Crippen LogP contribution in [0.25, 0.3) is 0 Å². The van der Waals surface area contributed by atoms with Gasteiger partial charge in [0.1, 0.15) is 0 Å². The van der Waals surface area contributed by atoms with E-state index in [9.17, 15) is 61.5 Å². The van der Waals surface area contributed by atoms with Crippen LogP contribution < -0.4 is 0 Å². The van der Waals surface area contributed by atoms with Crippen molar-refractivity contribution in [3.63, 3.8) is 0 Å². The van der Waals surface area contributed by atoms with Gasteiger partial charge in [-0.1, -0.05) is 6.08 Å². The van der Waals surface area contributed by atoms with Gasteiger partial charge in [-0.3, -0.25) is 0 Å². The predicted molar refractivity (Wildman–Crippen MR) is 49.9 cm³/mol. The lowest BCUT2D eigenvalue weighted by Crippen LogP contribution is -2.56.